The van der Waals surface area contributed by atoms with Crippen LogP contribution in [0.4, 0.5) is 0 Å². The smallest absolute Gasteiger partial charge is 0.0775 e. The van der Waals surface area contributed by atoms with Crippen LogP contribution in [0.1, 0.15) is 38.2 Å². The molecular weight excluding hydrogens is 258 g/mol. The largest absolute Gasteiger partial charge is 0.299 e. The Morgan fingerprint density at radius 1 is 1.05 bits per heavy atom. The van der Waals surface area contributed by atoms with Gasteiger partial charge in [0.2, 0.25) is 0 Å². The topological polar surface area (TPSA) is 3.24 Å². The summed E-state index contributed by atoms with van der Waals surface area (Å²) in [6.07, 6.45) is 5.62. The average Bonchev–Trinajstić information content (AvgIpc) is 2.38. The van der Waals surface area contributed by atoms with Crippen LogP contribution in [0.2, 0.25) is 19.6 Å². The van der Waals surface area contributed by atoms with Gasteiger partial charge in [0.1, 0.15) is 0 Å². The molecule has 1 fully saturated rings. The second-order valence-corrected chi connectivity index (χ2v) is 12.8. The summed E-state index contributed by atoms with van der Waals surface area (Å²) in [5.74, 6) is 0.856. The molecule has 1 saturated carbocycles. The maximum Gasteiger partial charge on any atom is 0.0775 e. The molecule has 0 amide bonds. The molecule has 1 nitrogen and oxygen atoms in total. The molecular formula is C18H31NSi. The zero-order valence-corrected chi connectivity index (χ0v) is 14.9. The monoisotopic (exact) mass is 289 g/mol. The Kier molecular flexibility index (Phi) is 5.08. The van der Waals surface area contributed by atoms with Gasteiger partial charge in [-0.2, -0.15) is 0 Å². The first-order chi connectivity index (χ1) is 9.38. The van der Waals surface area contributed by atoms with Crippen molar-refractivity contribution in [1.82, 2.24) is 4.90 Å². The molecule has 0 bridgehead atoms. The molecule has 0 heterocycles. The second kappa shape index (κ2) is 6.44. The first-order valence-corrected chi connectivity index (χ1v) is 11.7. The van der Waals surface area contributed by atoms with E-state index >= 15 is 0 Å². The predicted octanol–water partition coefficient (Wildman–Crippen LogP) is 4.24. The van der Waals surface area contributed by atoms with Crippen LogP contribution in [0.5, 0.6) is 0 Å². The standard InChI is InChI=1S/C18H31NSi/c1-15-8-6-7-9-18(15)19(2)14-16-10-12-17(13-11-16)20(3,4)5/h10-13,15,18H,6-9,14H2,1-5H3. The summed E-state index contributed by atoms with van der Waals surface area (Å²) in [7, 11) is 1.15. The highest BCUT2D eigenvalue weighted by Crippen LogP contribution is 2.28. The highest BCUT2D eigenvalue weighted by atomic mass is 28.3. The molecule has 0 N–H and O–H groups in total. The lowest BCUT2D eigenvalue weighted by molar-refractivity contribution is 0.133. The highest BCUT2D eigenvalue weighted by Gasteiger charge is 2.24. The lowest BCUT2D eigenvalue weighted by atomic mass is 9.85. The van der Waals surface area contributed by atoms with Gasteiger partial charge in [-0.15, -0.1) is 0 Å². The molecule has 2 atom stereocenters. The lowest BCUT2D eigenvalue weighted by Gasteiger charge is -2.36. The molecule has 0 aliphatic heterocycles. The quantitative estimate of drug-likeness (QED) is 0.749. The Balaban J connectivity index is 1.99. The van der Waals surface area contributed by atoms with Crippen LogP contribution in [0.25, 0.3) is 0 Å². The number of nitrogens with zero attached hydrogens (tertiary/aromatic N) is 1. The van der Waals surface area contributed by atoms with Gasteiger partial charge < -0.3 is 0 Å². The Morgan fingerprint density at radius 2 is 1.65 bits per heavy atom. The molecule has 2 unspecified atom stereocenters. The Hall–Kier alpha value is -0.603. The van der Waals surface area contributed by atoms with E-state index in [4.69, 9.17) is 0 Å². The Morgan fingerprint density at radius 3 is 2.20 bits per heavy atom. The molecule has 112 valence electrons. The van der Waals surface area contributed by atoms with Gasteiger partial charge in [0.05, 0.1) is 8.07 Å². The van der Waals surface area contributed by atoms with Crippen LogP contribution >= 0.6 is 0 Å². The minimum absolute atomic E-state index is 0.778. The van der Waals surface area contributed by atoms with E-state index in [1.807, 2.05) is 0 Å². The van der Waals surface area contributed by atoms with Crippen LogP contribution in [0.15, 0.2) is 24.3 Å². The van der Waals surface area contributed by atoms with Gasteiger partial charge in [-0.3, -0.25) is 4.90 Å². The second-order valence-electron chi connectivity index (χ2n) is 7.69. The zero-order chi connectivity index (χ0) is 14.8. The van der Waals surface area contributed by atoms with E-state index in [0.29, 0.717) is 0 Å². The average molecular weight is 290 g/mol. The third kappa shape index (κ3) is 3.95. The van der Waals surface area contributed by atoms with E-state index in [0.717, 1.165) is 18.5 Å². The van der Waals surface area contributed by atoms with Crippen molar-refractivity contribution in [2.75, 3.05) is 7.05 Å². The van der Waals surface area contributed by atoms with Gasteiger partial charge in [0.25, 0.3) is 0 Å². The van der Waals surface area contributed by atoms with Gasteiger partial charge in [-0.1, -0.05) is 68.9 Å². The van der Waals surface area contributed by atoms with Crippen LogP contribution in [-0.4, -0.2) is 26.1 Å². The molecule has 0 aromatic heterocycles. The van der Waals surface area contributed by atoms with E-state index in [2.05, 4.69) is 62.8 Å². The molecule has 2 rings (SSSR count). The van der Waals surface area contributed by atoms with Crippen LogP contribution in [-0.2, 0) is 6.54 Å². The van der Waals surface area contributed by atoms with Crippen molar-refractivity contribution in [1.29, 1.82) is 0 Å². The van der Waals surface area contributed by atoms with E-state index in [1.54, 1.807) is 5.19 Å². The van der Waals surface area contributed by atoms with Gasteiger partial charge >= 0.3 is 0 Å². The predicted molar refractivity (Wildman–Crippen MR) is 92.3 cm³/mol. The third-order valence-corrected chi connectivity index (χ3v) is 6.95. The third-order valence-electron chi connectivity index (χ3n) is 4.88. The van der Waals surface area contributed by atoms with Crippen LogP contribution < -0.4 is 5.19 Å². The summed E-state index contributed by atoms with van der Waals surface area (Å²) in [6.45, 7) is 10.8. The number of hydrogen-bond donors (Lipinski definition) is 0. The minimum atomic E-state index is -1.15. The summed E-state index contributed by atoms with van der Waals surface area (Å²) in [4.78, 5) is 2.58. The number of hydrogen-bond acceptors (Lipinski definition) is 1. The fourth-order valence-electron chi connectivity index (χ4n) is 3.47. The molecule has 0 spiro atoms. The zero-order valence-electron chi connectivity index (χ0n) is 13.9. The summed E-state index contributed by atoms with van der Waals surface area (Å²) >= 11 is 0. The molecule has 1 aromatic carbocycles. The minimum Gasteiger partial charge on any atom is -0.299 e. The normalized spacial score (nSPS) is 24.1. The van der Waals surface area contributed by atoms with Gasteiger partial charge in [0.15, 0.2) is 0 Å². The molecule has 2 heteroatoms. The van der Waals surface area contributed by atoms with Crippen molar-refractivity contribution < 1.29 is 0 Å². The molecule has 1 aliphatic rings. The van der Waals surface area contributed by atoms with Gasteiger partial charge in [-0.05, 0) is 31.4 Å². The van der Waals surface area contributed by atoms with Crippen molar-refractivity contribution in [3.8, 4) is 0 Å². The van der Waals surface area contributed by atoms with Crippen LogP contribution in [0.3, 0.4) is 0 Å². The van der Waals surface area contributed by atoms with E-state index in [-0.39, 0.29) is 0 Å². The van der Waals surface area contributed by atoms with Crippen molar-refractivity contribution in [2.24, 2.45) is 5.92 Å². The van der Waals surface area contributed by atoms with E-state index in [9.17, 15) is 0 Å². The van der Waals surface area contributed by atoms with Crippen molar-refractivity contribution in [3.05, 3.63) is 29.8 Å². The van der Waals surface area contributed by atoms with Crippen molar-refractivity contribution in [2.45, 2.75) is 64.8 Å². The van der Waals surface area contributed by atoms with Crippen LogP contribution in [0, 0.1) is 5.92 Å². The molecule has 1 aromatic rings. The Labute approximate surface area is 126 Å². The summed E-state index contributed by atoms with van der Waals surface area (Å²) in [5, 5.41) is 1.56. The first kappa shape index (κ1) is 15.8. The number of benzene rings is 1. The van der Waals surface area contributed by atoms with Gasteiger partial charge in [0, 0.05) is 12.6 Å². The molecule has 0 saturated heterocycles. The fourth-order valence-corrected chi connectivity index (χ4v) is 4.63. The molecule has 0 radical (unpaired) electrons. The van der Waals surface area contributed by atoms with Crippen molar-refractivity contribution >= 4 is 13.3 Å². The summed E-state index contributed by atoms with van der Waals surface area (Å²) in [5.41, 5.74) is 1.47. The van der Waals surface area contributed by atoms with Gasteiger partial charge in [-0.25, -0.2) is 0 Å². The molecule has 20 heavy (non-hydrogen) atoms. The summed E-state index contributed by atoms with van der Waals surface area (Å²) < 4.78 is 0. The highest BCUT2D eigenvalue weighted by molar-refractivity contribution is 6.88. The SMILES string of the molecule is CC1CCCCC1N(C)Cc1ccc([Si](C)(C)C)cc1. The fraction of sp³-hybridized carbons (Fsp3) is 0.667. The maximum atomic E-state index is 2.58. The van der Waals surface area contributed by atoms with E-state index in [1.165, 1.54) is 31.2 Å². The Bertz CT molecular complexity index is 418. The van der Waals surface area contributed by atoms with E-state index < -0.39 is 8.07 Å². The van der Waals surface area contributed by atoms with Crippen molar-refractivity contribution in [3.63, 3.8) is 0 Å². The summed E-state index contributed by atoms with van der Waals surface area (Å²) in [6, 6.07) is 10.2. The lowest BCUT2D eigenvalue weighted by Crippen LogP contribution is -2.39. The first-order valence-electron chi connectivity index (χ1n) is 8.17. The maximum absolute atomic E-state index is 2.58. The number of rotatable bonds is 4. The molecule has 1 aliphatic carbocycles.